The van der Waals surface area contributed by atoms with Crippen molar-refractivity contribution in [3.8, 4) is 0 Å². The van der Waals surface area contributed by atoms with E-state index >= 15 is 0 Å². The molecule has 0 bridgehead atoms. The standard InChI is InChI=1S/C15H15NO3/c1-3-12(11-7-5-4-6-8-11)15-13(19-10(2)17)9-14(18)16-15/h4-8,13,15H,1,9H2,2H3,(H,16,18). The monoisotopic (exact) mass is 257 g/mol. The van der Waals surface area contributed by atoms with E-state index in [0.29, 0.717) is 0 Å². The van der Waals surface area contributed by atoms with E-state index in [9.17, 15) is 9.59 Å². The number of esters is 1. The molecule has 4 heteroatoms. The highest BCUT2D eigenvalue weighted by atomic mass is 16.5. The summed E-state index contributed by atoms with van der Waals surface area (Å²) in [4.78, 5) is 22.6. The van der Waals surface area contributed by atoms with Crippen LogP contribution in [0.1, 0.15) is 18.9 Å². The lowest BCUT2D eigenvalue weighted by atomic mass is 9.96. The summed E-state index contributed by atoms with van der Waals surface area (Å²) in [6, 6.07) is 9.11. The lowest BCUT2D eigenvalue weighted by Gasteiger charge is -2.20. The first-order valence-electron chi connectivity index (χ1n) is 6.03. The van der Waals surface area contributed by atoms with Crippen molar-refractivity contribution in [2.75, 3.05) is 0 Å². The molecular formula is C15H15NO3. The van der Waals surface area contributed by atoms with Gasteiger partial charge in [0.15, 0.2) is 0 Å². The molecule has 1 amide bonds. The minimum atomic E-state index is -0.505. The van der Waals surface area contributed by atoms with Crippen LogP contribution in [0.5, 0.6) is 0 Å². The maximum Gasteiger partial charge on any atom is 0.303 e. The molecule has 1 saturated heterocycles. The number of ether oxygens (including phenoxy) is 1. The Bertz CT molecular complexity index is 544. The van der Waals surface area contributed by atoms with Crippen molar-refractivity contribution in [3.63, 3.8) is 0 Å². The van der Waals surface area contributed by atoms with Crippen molar-refractivity contribution in [1.29, 1.82) is 0 Å². The lowest BCUT2D eigenvalue weighted by molar-refractivity contribution is -0.146. The lowest BCUT2D eigenvalue weighted by Crippen LogP contribution is -2.35. The third-order valence-corrected chi connectivity index (χ3v) is 2.98. The number of nitrogens with one attached hydrogen (secondary N) is 1. The molecule has 1 N–H and O–H groups in total. The summed E-state index contributed by atoms with van der Waals surface area (Å²) in [7, 11) is 0. The van der Waals surface area contributed by atoms with Gasteiger partial charge in [-0.1, -0.05) is 36.9 Å². The molecule has 19 heavy (non-hydrogen) atoms. The van der Waals surface area contributed by atoms with Crippen molar-refractivity contribution < 1.29 is 14.3 Å². The van der Waals surface area contributed by atoms with Gasteiger partial charge < -0.3 is 10.1 Å². The second-order valence-corrected chi connectivity index (χ2v) is 4.35. The maximum atomic E-state index is 11.5. The Morgan fingerprint density at radius 1 is 1.42 bits per heavy atom. The molecule has 1 fully saturated rings. The number of benzene rings is 1. The summed E-state index contributed by atoms with van der Waals surface area (Å²) in [6.07, 6.45) is -0.336. The van der Waals surface area contributed by atoms with Crippen molar-refractivity contribution in [1.82, 2.24) is 5.32 Å². The number of hydrogen-bond acceptors (Lipinski definition) is 3. The van der Waals surface area contributed by atoms with E-state index < -0.39 is 18.1 Å². The quantitative estimate of drug-likeness (QED) is 0.662. The van der Waals surface area contributed by atoms with Crippen LogP contribution < -0.4 is 5.32 Å². The molecule has 1 aromatic carbocycles. The molecule has 0 aliphatic carbocycles. The molecule has 0 spiro atoms. The third kappa shape index (κ3) is 2.92. The zero-order chi connectivity index (χ0) is 13.8. The number of carbonyl (C=O) groups is 2. The molecule has 1 heterocycles. The van der Waals surface area contributed by atoms with Crippen LogP contribution >= 0.6 is 0 Å². The first kappa shape index (κ1) is 13.1. The molecular weight excluding hydrogens is 242 g/mol. The minimum absolute atomic E-state index is 0.139. The maximum absolute atomic E-state index is 11.5. The van der Waals surface area contributed by atoms with E-state index in [4.69, 9.17) is 4.74 Å². The van der Waals surface area contributed by atoms with Gasteiger partial charge in [-0.2, -0.15) is 0 Å². The van der Waals surface area contributed by atoms with E-state index in [2.05, 4.69) is 17.6 Å². The van der Waals surface area contributed by atoms with Crippen LogP contribution in [-0.4, -0.2) is 24.0 Å². The summed E-state index contributed by atoms with van der Waals surface area (Å²) < 4.78 is 5.19. The molecule has 2 rings (SSSR count). The van der Waals surface area contributed by atoms with Crippen LogP contribution in [0.25, 0.3) is 5.57 Å². The van der Waals surface area contributed by atoms with Crippen LogP contribution in [0.15, 0.2) is 42.6 Å². The Hall–Kier alpha value is -2.32. The second kappa shape index (κ2) is 5.55. The molecule has 1 aliphatic rings. The van der Waals surface area contributed by atoms with Crippen LogP contribution in [-0.2, 0) is 14.3 Å². The number of amides is 1. The first-order valence-corrected chi connectivity index (χ1v) is 6.03. The Morgan fingerprint density at radius 3 is 2.68 bits per heavy atom. The zero-order valence-corrected chi connectivity index (χ0v) is 10.7. The van der Waals surface area contributed by atoms with Gasteiger partial charge in [0.1, 0.15) is 6.10 Å². The van der Waals surface area contributed by atoms with E-state index in [1.807, 2.05) is 30.3 Å². The molecule has 2 atom stereocenters. The fourth-order valence-corrected chi connectivity index (χ4v) is 2.22. The molecule has 1 aromatic rings. The van der Waals surface area contributed by atoms with Crippen LogP contribution in [0.2, 0.25) is 0 Å². The average molecular weight is 257 g/mol. The van der Waals surface area contributed by atoms with Gasteiger partial charge in [-0.3, -0.25) is 9.59 Å². The van der Waals surface area contributed by atoms with Crippen molar-refractivity contribution in [2.45, 2.75) is 25.5 Å². The van der Waals surface area contributed by atoms with E-state index in [-0.39, 0.29) is 12.3 Å². The van der Waals surface area contributed by atoms with E-state index in [0.717, 1.165) is 11.1 Å². The smallest absolute Gasteiger partial charge is 0.303 e. The number of carbonyl (C=O) groups excluding carboxylic acids is 2. The summed E-state index contributed by atoms with van der Waals surface area (Å²) in [6.45, 7) is 5.00. The predicted octanol–water partition coefficient (Wildman–Crippen LogP) is 1.68. The largest absolute Gasteiger partial charge is 0.459 e. The Balaban J connectivity index is 2.30. The normalized spacial score (nSPS) is 21.4. The zero-order valence-electron chi connectivity index (χ0n) is 10.7. The van der Waals surface area contributed by atoms with Gasteiger partial charge in [0.25, 0.3) is 0 Å². The SMILES string of the molecule is C=C=C(c1ccccc1)C1NC(=O)CC1OC(C)=O. The molecule has 0 saturated carbocycles. The molecule has 4 nitrogen and oxygen atoms in total. The van der Waals surface area contributed by atoms with Crippen molar-refractivity contribution in [2.24, 2.45) is 0 Å². The third-order valence-electron chi connectivity index (χ3n) is 2.98. The summed E-state index contributed by atoms with van der Waals surface area (Å²) in [5, 5.41) is 2.80. The minimum Gasteiger partial charge on any atom is -0.459 e. The van der Waals surface area contributed by atoms with Crippen LogP contribution in [0.3, 0.4) is 0 Å². The first-order chi connectivity index (χ1) is 9.11. The Kier molecular flexibility index (Phi) is 3.83. The van der Waals surface area contributed by atoms with Gasteiger partial charge in [0, 0.05) is 12.5 Å². The second-order valence-electron chi connectivity index (χ2n) is 4.35. The van der Waals surface area contributed by atoms with Crippen molar-refractivity contribution in [3.05, 3.63) is 48.2 Å². The summed E-state index contributed by atoms with van der Waals surface area (Å²) in [5.41, 5.74) is 4.48. The molecule has 0 radical (unpaired) electrons. The molecule has 0 aromatic heterocycles. The Morgan fingerprint density at radius 2 is 2.11 bits per heavy atom. The van der Waals surface area contributed by atoms with Crippen molar-refractivity contribution >= 4 is 17.4 Å². The molecule has 1 aliphatic heterocycles. The topological polar surface area (TPSA) is 55.4 Å². The fraction of sp³-hybridized carbons (Fsp3) is 0.267. The highest BCUT2D eigenvalue weighted by molar-refractivity contribution is 5.85. The van der Waals surface area contributed by atoms with Crippen LogP contribution in [0.4, 0.5) is 0 Å². The summed E-state index contributed by atoms with van der Waals surface area (Å²) >= 11 is 0. The van der Waals surface area contributed by atoms with Crippen LogP contribution in [0, 0.1) is 0 Å². The van der Waals surface area contributed by atoms with Gasteiger partial charge >= 0.3 is 5.97 Å². The van der Waals surface area contributed by atoms with E-state index in [1.165, 1.54) is 6.92 Å². The van der Waals surface area contributed by atoms with Gasteiger partial charge in [-0.25, -0.2) is 0 Å². The number of hydrogen-bond donors (Lipinski definition) is 1. The molecule has 2 unspecified atom stereocenters. The highest BCUT2D eigenvalue weighted by Gasteiger charge is 2.37. The fourth-order valence-electron chi connectivity index (χ4n) is 2.22. The van der Waals surface area contributed by atoms with E-state index in [1.54, 1.807) is 0 Å². The van der Waals surface area contributed by atoms with Gasteiger partial charge in [0.2, 0.25) is 5.91 Å². The average Bonchev–Trinajstić information content (AvgIpc) is 2.72. The molecule has 98 valence electrons. The Labute approximate surface area is 111 Å². The van der Waals surface area contributed by atoms with Gasteiger partial charge in [-0.15, -0.1) is 5.73 Å². The number of rotatable bonds is 3. The van der Waals surface area contributed by atoms with Gasteiger partial charge in [0.05, 0.1) is 12.5 Å². The predicted molar refractivity (Wildman–Crippen MR) is 71.1 cm³/mol. The van der Waals surface area contributed by atoms with Gasteiger partial charge in [-0.05, 0) is 5.56 Å². The summed E-state index contributed by atoms with van der Waals surface area (Å²) in [5.74, 6) is -0.539. The highest BCUT2D eigenvalue weighted by Crippen LogP contribution is 2.26.